The van der Waals surface area contributed by atoms with Crippen molar-refractivity contribution in [3.05, 3.63) is 71.5 Å². The summed E-state index contributed by atoms with van der Waals surface area (Å²) >= 11 is 0. The largest absolute Gasteiger partial charge is 0.487 e. The minimum absolute atomic E-state index is 0.0300. The van der Waals surface area contributed by atoms with Crippen LogP contribution < -0.4 is 20.3 Å². The number of ether oxygens (including phenoxy) is 2. The maximum atomic E-state index is 8.92. The van der Waals surface area contributed by atoms with Crippen LogP contribution >= 0.6 is 0 Å². The van der Waals surface area contributed by atoms with Gasteiger partial charge in [-0.25, -0.2) is 10.1 Å². The summed E-state index contributed by atoms with van der Waals surface area (Å²) < 4.78 is 13.7. The van der Waals surface area contributed by atoms with Crippen molar-refractivity contribution < 1.29 is 9.47 Å². The van der Waals surface area contributed by atoms with Crippen LogP contribution in [0, 0.1) is 11.3 Å². The number of aromatic nitrogens is 3. The lowest BCUT2D eigenvalue weighted by Crippen LogP contribution is -2.27. The van der Waals surface area contributed by atoms with Crippen molar-refractivity contribution in [2.45, 2.75) is 18.8 Å². The predicted octanol–water partition coefficient (Wildman–Crippen LogP) is 1.86. The predicted molar refractivity (Wildman–Crippen MR) is 101 cm³/mol. The number of nitrogens with one attached hydrogen (secondary N) is 2. The number of rotatable bonds is 6. The van der Waals surface area contributed by atoms with Gasteiger partial charge in [-0.05, 0) is 42.0 Å². The van der Waals surface area contributed by atoms with E-state index in [0.29, 0.717) is 18.7 Å². The summed E-state index contributed by atoms with van der Waals surface area (Å²) in [4.78, 5) is 0. The topological polar surface area (TPSA) is 97.0 Å². The molecule has 28 heavy (non-hydrogen) atoms. The molecule has 0 aliphatic carbocycles. The fourth-order valence-corrected chi connectivity index (χ4v) is 3.07. The first-order valence-electron chi connectivity index (χ1n) is 8.94. The highest BCUT2D eigenvalue weighted by atomic mass is 16.5. The summed E-state index contributed by atoms with van der Waals surface area (Å²) in [6, 6.07) is 17.1. The Hall–Kier alpha value is -3.41. The number of nitriles is 1. The molecule has 0 spiro atoms. The van der Waals surface area contributed by atoms with Crippen LogP contribution in [0.1, 0.15) is 22.9 Å². The summed E-state index contributed by atoms with van der Waals surface area (Å²) in [5.74, 6) is 1.50. The molecule has 1 saturated heterocycles. The van der Waals surface area contributed by atoms with Gasteiger partial charge in [0.2, 0.25) is 0 Å². The molecule has 8 nitrogen and oxygen atoms in total. The first-order valence-corrected chi connectivity index (χ1v) is 8.94. The average Bonchev–Trinajstić information content (AvgIpc) is 3.36. The van der Waals surface area contributed by atoms with E-state index in [2.05, 4.69) is 27.2 Å². The fraction of sp³-hybridized carbons (Fsp3) is 0.250. The maximum absolute atomic E-state index is 8.92. The molecular formula is C20H20N6O2. The van der Waals surface area contributed by atoms with Gasteiger partial charge in [-0.2, -0.15) is 5.26 Å². The first-order chi connectivity index (χ1) is 13.7. The van der Waals surface area contributed by atoms with E-state index >= 15 is 0 Å². The van der Waals surface area contributed by atoms with Gasteiger partial charge in [0.15, 0.2) is 0 Å². The smallest absolute Gasteiger partial charge is 0.133 e. The van der Waals surface area contributed by atoms with Crippen LogP contribution in [0.25, 0.3) is 0 Å². The molecule has 8 heteroatoms. The minimum atomic E-state index is -0.0931. The molecule has 1 aromatic heterocycles. The summed E-state index contributed by atoms with van der Waals surface area (Å²) in [5, 5.41) is 16.7. The third kappa shape index (κ3) is 3.96. The molecule has 142 valence electrons. The highest BCUT2D eigenvalue weighted by Crippen LogP contribution is 2.27. The van der Waals surface area contributed by atoms with Crippen LogP contribution in [0.4, 0.5) is 0 Å². The molecule has 1 aliphatic rings. The molecule has 1 fully saturated rings. The van der Waals surface area contributed by atoms with E-state index in [-0.39, 0.29) is 12.1 Å². The van der Waals surface area contributed by atoms with E-state index in [4.69, 9.17) is 14.7 Å². The number of hydrazine groups is 1. The third-order valence-corrected chi connectivity index (χ3v) is 4.62. The lowest BCUT2D eigenvalue weighted by molar-refractivity contribution is 0.197. The minimum Gasteiger partial charge on any atom is -0.487 e. The number of aryl methyl sites for hydroxylation is 1. The summed E-state index contributed by atoms with van der Waals surface area (Å²) in [6.45, 7) is 1.06. The van der Waals surface area contributed by atoms with Crippen LogP contribution in [-0.2, 0) is 13.7 Å². The molecule has 2 unspecified atom stereocenters. The number of benzene rings is 2. The van der Waals surface area contributed by atoms with Crippen molar-refractivity contribution >= 4 is 0 Å². The molecule has 2 aromatic carbocycles. The van der Waals surface area contributed by atoms with Gasteiger partial charge in [0.05, 0.1) is 29.6 Å². The Labute approximate surface area is 162 Å². The molecule has 0 bridgehead atoms. The van der Waals surface area contributed by atoms with Gasteiger partial charge < -0.3 is 9.47 Å². The summed E-state index contributed by atoms with van der Waals surface area (Å²) in [6.07, 6.45) is 1.60. The lowest BCUT2D eigenvalue weighted by Gasteiger charge is -2.21. The number of nitrogens with zero attached hydrogens (tertiary/aromatic N) is 4. The van der Waals surface area contributed by atoms with Crippen molar-refractivity contribution in [3.63, 3.8) is 0 Å². The van der Waals surface area contributed by atoms with E-state index in [0.717, 1.165) is 22.8 Å². The zero-order valence-corrected chi connectivity index (χ0v) is 15.4. The summed E-state index contributed by atoms with van der Waals surface area (Å²) in [5.41, 5.74) is 8.99. The maximum Gasteiger partial charge on any atom is 0.133 e. The highest BCUT2D eigenvalue weighted by molar-refractivity contribution is 5.35. The SMILES string of the molecule is Cn1nncc1COc1cccc(C2NNCC2Oc2ccc(C#N)cc2)c1. The molecule has 0 saturated carbocycles. The third-order valence-electron chi connectivity index (χ3n) is 4.62. The zero-order valence-electron chi connectivity index (χ0n) is 15.4. The van der Waals surface area contributed by atoms with E-state index in [1.54, 1.807) is 23.0 Å². The Kier molecular flexibility index (Phi) is 5.19. The molecule has 2 N–H and O–H groups in total. The van der Waals surface area contributed by atoms with Crippen LogP contribution in [0.2, 0.25) is 0 Å². The quantitative estimate of drug-likeness (QED) is 0.678. The Morgan fingerprint density at radius 3 is 2.82 bits per heavy atom. The Balaban J connectivity index is 1.44. The Morgan fingerprint density at radius 1 is 1.21 bits per heavy atom. The van der Waals surface area contributed by atoms with Gasteiger partial charge in [0.1, 0.15) is 24.2 Å². The number of hydrogen-bond donors (Lipinski definition) is 2. The van der Waals surface area contributed by atoms with Crippen molar-refractivity contribution in [2.24, 2.45) is 7.05 Å². The van der Waals surface area contributed by atoms with Crippen molar-refractivity contribution in [1.82, 2.24) is 25.8 Å². The van der Waals surface area contributed by atoms with Gasteiger partial charge in [-0.3, -0.25) is 5.43 Å². The molecule has 2 heterocycles. The van der Waals surface area contributed by atoms with Gasteiger partial charge in [-0.15, -0.1) is 5.10 Å². The van der Waals surface area contributed by atoms with Crippen LogP contribution in [0.5, 0.6) is 11.5 Å². The van der Waals surface area contributed by atoms with Crippen LogP contribution in [0.15, 0.2) is 54.7 Å². The molecule has 0 radical (unpaired) electrons. The van der Waals surface area contributed by atoms with Gasteiger partial charge >= 0.3 is 0 Å². The lowest BCUT2D eigenvalue weighted by atomic mass is 10.0. The first kappa shape index (κ1) is 18.0. The van der Waals surface area contributed by atoms with Gasteiger partial charge in [-0.1, -0.05) is 17.3 Å². The van der Waals surface area contributed by atoms with E-state index < -0.39 is 0 Å². The Bertz CT molecular complexity index is 979. The van der Waals surface area contributed by atoms with Crippen molar-refractivity contribution in [3.8, 4) is 17.6 Å². The zero-order chi connectivity index (χ0) is 19.3. The molecule has 0 amide bonds. The van der Waals surface area contributed by atoms with Crippen LogP contribution in [0.3, 0.4) is 0 Å². The Morgan fingerprint density at radius 2 is 2.07 bits per heavy atom. The molecule has 3 aromatic rings. The second-order valence-electron chi connectivity index (χ2n) is 6.51. The van der Waals surface area contributed by atoms with Crippen LogP contribution in [-0.4, -0.2) is 27.6 Å². The molecule has 2 atom stereocenters. The molecule has 1 aliphatic heterocycles. The van der Waals surface area contributed by atoms with E-state index in [9.17, 15) is 0 Å². The summed E-state index contributed by atoms with van der Waals surface area (Å²) in [7, 11) is 1.83. The second-order valence-corrected chi connectivity index (χ2v) is 6.51. The second kappa shape index (κ2) is 8.08. The molecular weight excluding hydrogens is 356 g/mol. The van der Waals surface area contributed by atoms with E-state index in [1.165, 1.54) is 0 Å². The van der Waals surface area contributed by atoms with E-state index in [1.807, 2.05) is 43.4 Å². The van der Waals surface area contributed by atoms with Crippen molar-refractivity contribution in [1.29, 1.82) is 5.26 Å². The van der Waals surface area contributed by atoms with Gasteiger partial charge in [0.25, 0.3) is 0 Å². The van der Waals surface area contributed by atoms with Crippen molar-refractivity contribution in [2.75, 3.05) is 6.54 Å². The monoisotopic (exact) mass is 376 g/mol. The highest BCUT2D eigenvalue weighted by Gasteiger charge is 2.30. The molecule has 4 rings (SSSR count). The fourth-order valence-electron chi connectivity index (χ4n) is 3.07. The van der Waals surface area contributed by atoms with Gasteiger partial charge in [0, 0.05) is 13.6 Å². The number of hydrogen-bond acceptors (Lipinski definition) is 7. The standard InChI is InChI=1S/C20H20N6O2/c1-26-16(11-23-25-26)13-27-18-4-2-3-15(9-18)20-19(12-22-24-20)28-17-7-5-14(10-21)6-8-17/h2-9,11,19-20,22,24H,12-13H2,1H3. The average molecular weight is 376 g/mol. The normalized spacial score (nSPS) is 18.6.